The maximum Gasteiger partial charge on any atom is 0.251 e. The van der Waals surface area contributed by atoms with Gasteiger partial charge in [-0.1, -0.05) is 30.3 Å². The van der Waals surface area contributed by atoms with Crippen LogP contribution in [0.5, 0.6) is 0 Å². The Morgan fingerprint density at radius 3 is 2.34 bits per heavy atom. The van der Waals surface area contributed by atoms with Crippen molar-refractivity contribution in [3.05, 3.63) is 89.9 Å². The fraction of sp³-hybridized carbons (Fsp3) is 0.217. The maximum atomic E-state index is 13.0. The lowest BCUT2D eigenvalue weighted by atomic mass is 10.2. The van der Waals surface area contributed by atoms with Crippen LogP contribution >= 0.6 is 0 Å². The van der Waals surface area contributed by atoms with Gasteiger partial charge in [-0.3, -0.25) is 4.79 Å². The number of hydrogen-bond acceptors (Lipinski definition) is 4. The Bertz CT molecular complexity index is 954. The van der Waals surface area contributed by atoms with E-state index in [9.17, 15) is 9.18 Å². The smallest absolute Gasteiger partial charge is 0.251 e. The highest BCUT2D eigenvalue weighted by molar-refractivity contribution is 5.94. The van der Waals surface area contributed by atoms with E-state index in [2.05, 4.69) is 44.4 Å². The minimum atomic E-state index is -0.286. The van der Waals surface area contributed by atoms with Gasteiger partial charge in [0.25, 0.3) is 5.91 Å². The number of aromatic nitrogens is 1. The highest BCUT2D eigenvalue weighted by Gasteiger charge is 2.19. The number of amides is 1. The average Bonchev–Trinajstić information content (AvgIpc) is 2.79. The Morgan fingerprint density at radius 1 is 0.931 bits per heavy atom. The van der Waals surface area contributed by atoms with Crippen molar-refractivity contribution in [1.29, 1.82) is 0 Å². The van der Waals surface area contributed by atoms with Gasteiger partial charge in [-0.25, -0.2) is 9.37 Å². The zero-order valence-corrected chi connectivity index (χ0v) is 16.1. The molecule has 29 heavy (non-hydrogen) atoms. The van der Waals surface area contributed by atoms with E-state index in [-0.39, 0.29) is 11.7 Å². The number of nitrogens with one attached hydrogen (secondary N) is 1. The molecule has 1 saturated heterocycles. The number of rotatable bonds is 5. The SMILES string of the molecule is O=C(NCc1ccc(F)cc1)c1ccnc(N2CCN(c3ccccc3)CC2)c1. The molecule has 2 aromatic carbocycles. The van der Waals surface area contributed by atoms with Gasteiger partial charge in [-0.05, 0) is 42.0 Å². The molecule has 0 atom stereocenters. The molecule has 6 heteroatoms. The largest absolute Gasteiger partial charge is 0.368 e. The number of halogens is 1. The summed E-state index contributed by atoms with van der Waals surface area (Å²) in [5.41, 5.74) is 2.66. The molecule has 148 valence electrons. The minimum Gasteiger partial charge on any atom is -0.368 e. The summed E-state index contributed by atoms with van der Waals surface area (Å²) in [6.07, 6.45) is 1.67. The number of para-hydroxylation sites is 1. The summed E-state index contributed by atoms with van der Waals surface area (Å²) in [6, 6.07) is 20.0. The van der Waals surface area contributed by atoms with Crippen LogP contribution in [0, 0.1) is 5.82 Å². The lowest BCUT2D eigenvalue weighted by Crippen LogP contribution is -2.46. The van der Waals surface area contributed by atoms with Gasteiger partial charge in [0, 0.05) is 50.2 Å². The average molecular weight is 390 g/mol. The zero-order chi connectivity index (χ0) is 20.1. The van der Waals surface area contributed by atoms with Crippen molar-refractivity contribution >= 4 is 17.4 Å². The molecule has 3 aromatic rings. The number of benzene rings is 2. The lowest BCUT2D eigenvalue weighted by Gasteiger charge is -2.36. The molecule has 0 aliphatic carbocycles. The summed E-state index contributed by atoms with van der Waals surface area (Å²) in [5.74, 6) is 0.360. The normalized spacial score (nSPS) is 14.0. The molecule has 0 spiro atoms. The van der Waals surface area contributed by atoms with E-state index < -0.39 is 0 Å². The van der Waals surface area contributed by atoms with Crippen molar-refractivity contribution in [3.8, 4) is 0 Å². The molecule has 1 fully saturated rings. The standard InChI is InChI=1S/C23H23FN4O/c24-20-8-6-18(7-9-20)17-26-23(29)19-10-11-25-22(16-19)28-14-12-27(13-15-28)21-4-2-1-3-5-21/h1-11,16H,12-15,17H2,(H,26,29). The van der Waals surface area contributed by atoms with Crippen LogP contribution in [0.1, 0.15) is 15.9 Å². The Balaban J connectivity index is 1.36. The van der Waals surface area contributed by atoms with E-state index in [0.717, 1.165) is 37.6 Å². The molecule has 2 heterocycles. The van der Waals surface area contributed by atoms with Gasteiger partial charge in [0.2, 0.25) is 0 Å². The maximum absolute atomic E-state index is 13.0. The van der Waals surface area contributed by atoms with Gasteiger partial charge in [-0.15, -0.1) is 0 Å². The Labute approximate surface area is 169 Å². The molecule has 0 radical (unpaired) electrons. The summed E-state index contributed by atoms with van der Waals surface area (Å²) in [6.45, 7) is 3.87. The molecule has 1 aliphatic heterocycles. The monoisotopic (exact) mass is 390 g/mol. The number of carbonyl (C=O) groups is 1. The van der Waals surface area contributed by atoms with Crippen LogP contribution in [0.2, 0.25) is 0 Å². The van der Waals surface area contributed by atoms with Crippen LogP contribution in [0.15, 0.2) is 72.9 Å². The van der Waals surface area contributed by atoms with E-state index in [4.69, 9.17) is 0 Å². The second-order valence-electron chi connectivity index (χ2n) is 7.02. The molecular weight excluding hydrogens is 367 g/mol. The number of piperazine rings is 1. The van der Waals surface area contributed by atoms with Crippen LogP contribution in [0.3, 0.4) is 0 Å². The van der Waals surface area contributed by atoms with E-state index >= 15 is 0 Å². The van der Waals surface area contributed by atoms with E-state index in [1.807, 2.05) is 12.1 Å². The van der Waals surface area contributed by atoms with Crippen molar-refractivity contribution < 1.29 is 9.18 Å². The summed E-state index contributed by atoms with van der Waals surface area (Å²) in [4.78, 5) is 21.5. The fourth-order valence-electron chi connectivity index (χ4n) is 3.45. The van der Waals surface area contributed by atoms with Gasteiger partial charge in [0.1, 0.15) is 11.6 Å². The summed E-state index contributed by atoms with van der Waals surface area (Å²) < 4.78 is 13.0. The second-order valence-corrected chi connectivity index (χ2v) is 7.02. The Morgan fingerprint density at radius 2 is 1.62 bits per heavy atom. The molecule has 0 bridgehead atoms. The summed E-state index contributed by atoms with van der Waals surface area (Å²) in [5, 5.41) is 2.88. The molecule has 5 nitrogen and oxygen atoms in total. The first-order chi connectivity index (χ1) is 14.2. The predicted molar refractivity (Wildman–Crippen MR) is 113 cm³/mol. The van der Waals surface area contributed by atoms with Gasteiger partial charge < -0.3 is 15.1 Å². The summed E-state index contributed by atoms with van der Waals surface area (Å²) >= 11 is 0. The van der Waals surface area contributed by atoms with Gasteiger partial charge in [0.15, 0.2) is 0 Å². The molecule has 0 saturated carbocycles. The molecule has 0 unspecified atom stereocenters. The fourth-order valence-corrected chi connectivity index (χ4v) is 3.45. The quantitative estimate of drug-likeness (QED) is 0.725. The van der Waals surface area contributed by atoms with E-state index in [0.29, 0.717) is 12.1 Å². The van der Waals surface area contributed by atoms with Crippen LogP contribution in [0.25, 0.3) is 0 Å². The number of nitrogens with zero attached hydrogens (tertiary/aromatic N) is 3. The van der Waals surface area contributed by atoms with Crippen molar-refractivity contribution in [1.82, 2.24) is 10.3 Å². The molecule has 1 aliphatic rings. The number of hydrogen-bond donors (Lipinski definition) is 1. The highest BCUT2D eigenvalue weighted by Crippen LogP contribution is 2.19. The molecule has 1 amide bonds. The van der Waals surface area contributed by atoms with E-state index in [1.54, 1.807) is 24.4 Å². The van der Waals surface area contributed by atoms with Gasteiger partial charge >= 0.3 is 0 Å². The lowest BCUT2D eigenvalue weighted by molar-refractivity contribution is 0.0951. The molecular formula is C23H23FN4O. The Hall–Kier alpha value is -3.41. The minimum absolute atomic E-state index is 0.166. The van der Waals surface area contributed by atoms with Crippen LogP contribution in [-0.2, 0) is 6.54 Å². The second kappa shape index (κ2) is 8.73. The van der Waals surface area contributed by atoms with Crippen LogP contribution in [-0.4, -0.2) is 37.1 Å². The van der Waals surface area contributed by atoms with Crippen molar-refractivity contribution in [2.45, 2.75) is 6.54 Å². The van der Waals surface area contributed by atoms with Crippen LogP contribution < -0.4 is 15.1 Å². The predicted octanol–water partition coefficient (Wildman–Crippen LogP) is 3.48. The number of pyridine rings is 1. The topological polar surface area (TPSA) is 48.5 Å². The molecule has 1 N–H and O–H groups in total. The van der Waals surface area contributed by atoms with E-state index in [1.165, 1.54) is 17.8 Å². The zero-order valence-electron chi connectivity index (χ0n) is 16.1. The van der Waals surface area contributed by atoms with Gasteiger partial charge in [-0.2, -0.15) is 0 Å². The molecule has 4 rings (SSSR count). The van der Waals surface area contributed by atoms with Crippen molar-refractivity contribution in [3.63, 3.8) is 0 Å². The Kier molecular flexibility index (Phi) is 5.70. The first kappa shape index (κ1) is 18.9. The first-order valence-electron chi connectivity index (χ1n) is 9.73. The third-order valence-electron chi connectivity index (χ3n) is 5.10. The first-order valence-corrected chi connectivity index (χ1v) is 9.73. The highest BCUT2D eigenvalue weighted by atomic mass is 19.1. The van der Waals surface area contributed by atoms with Crippen LogP contribution in [0.4, 0.5) is 15.9 Å². The number of anilines is 2. The van der Waals surface area contributed by atoms with Gasteiger partial charge in [0.05, 0.1) is 0 Å². The van der Waals surface area contributed by atoms with Crippen molar-refractivity contribution in [2.75, 3.05) is 36.0 Å². The summed E-state index contributed by atoms with van der Waals surface area (Å²) in [7, 11) is 0. The number of carbonyl (C=O) groups excluding carboxylic acids is 1. The molecule has 1 aromatic heterocycles. The van der Waals surface area contributed by atoms with Crippen molar-refractivity contribution in [2.24, 2.45) is 0 Å². The third-order valence-corrected chi connectivity index (χ3v) is 5.10. The third kappa shape index (κ3) is 4.71.